The van der Waals surface area contributed by atoms with Gasteiger partial charge in [0.05, 0.1) is 18.2 Å². The van der Waals surface area contributed by atoms with Crippen molar-refractivity contribution in [1.29, 1.82) is 0 Å². The second-order valence-electron chi connectivity index (χ2n) is 5.23. The summed E-state index contributed by atoms with van der Waals surface area (Å²) in [4.78, 5) is 11.8. The number of aliphatic hydroxyl groups excluding tert-OH is 1. The first kappa shape index (κ1) is 16.1. The van der Waals surface area contributed by atoms with Crippen LogP contribution in [0.4, 0.5) is 4.79 Å². The van der Waals surface area contributed by atoms with Gasteiger partial charge in [-0.3, -0.25) is 0 Å². The van der Waals surface area contributed by atoms with Crippen LogP contribution in [-0.4, -0.2) is 36.4 Å². The van der Waals surface area contributed by atoms with Crippen LogP contribution >= 0.6 is 11.6 Å². The van der Waals surface area contributed by atoms with Gasteiger partial charge in [-0.1, -0.05) is 29.8 Å². The van der Waals surface area contributed by atoms with Crippen molar-refractivity contribution >= 4 is 17.6 Å². The first-order valence-electron chi connectivity index (χ1n) is 7.16. The minimum absolute atomic E-state index is 0.0510. The maximum Gasteiger partial charge on any atom is 0.315 e. The van der Waals surface area contributed by atoms with E-state index in [1.165, 1.54) is 0 Å². The smallest absolute Gasteiger partial charge is 0.315 e. The lowest BCUT2D eigenvalue weighted by atomic mass is 10.1. The molecule has 0 bridgehead atoms. The van der Waals surface area contributed by atoms with Crippen LogP contribution in [0.5, 0.6) is 0 Å². The van der Waals surface area contributed by atoms with Crippen molar-refractivity contribution in [3.8, 4) is 0 Å². The van der Waals surface area contributed by atoms with Gasteiger partial charge < -0.3 is 20.5 Å². The summed E-state index contributed by atoms with van der Waals surface area (Å²) in [6.45, 7) is 2.78. The summed E-state index contributed by atoms with van der Waals surface area (Å²) < 4.78 is 5.52. The monoisotopic (exact) mass is 312 g/mol. The van der Waals surface area contributed by atoms with Crippen LogP contribution in [0.2, 0.25) is 5.02 Å². The molecule has 3 unspecified atom stereocenters. The van der Waals surface area contributed by atoms with E-state index in [9.17, 15) is 9.90 Å². The van der Waals surface area contributed by atoms with Crippen molar-refractivity contribution in [1.82, 2.24) is 10.6 Å². The standard InChI is InChI=1S/C15H21ClN2O3/c1-10(14-7-4-8-21-14)18-15(20)17-9-13(19)11-5-2-3-6-12(11)16/h2-3,5-6,10,13-14,19H,4,7-9H2,1H3,(H2,17,18,20). The zero-order valence-electron chi connectivity index (χ0n) is 12.0. The van der Waals surface area contributed by atoms with Gasteiger partial charge in [-0.15, -0.1) is 0 Å². The summed E-state index contributed by atoms with van der Waals surface area (Å²) in [5, 5.41) is 16.0. The van der Waals surface area contributed by atoms with Gasteiger partial charge >= 0.3 is 6.03 Å². The van der Waals surface area contributed by atoms with Crippen LogP contribution < -0.4 is 10.6 Å². The van der Waals surface area contributed by atoms with E-state index in [1.54, 1.807) is 24.3 Å². The van der Waals surface area contributed by atoms with E-state index >= 15 is 0 Å². The largest absolute Gasteiger partial charge is 0.387 e. The number of hydrogen-bond acceptors (Lipinski definition) is 3. The average molecular weight is 313 g/mol. The minimum atomic E-state index is -0.831. The molecule has 5 nitrogen and oxygen atoms in total. The average Bonchev–Trinajstić information content (AvgIpc) is 2.99. The molecular formula is C15H21ClN2O3. The normalized spacial score (nSPS) is 20.8. The number of nitrogens with one attached hydrogen (secondary N) is 2. The number of carbonyl (C=O) groups excluding carboxylic acids is 1. The highest BCUT2D eigenvalue weighted by Crippen LogP contribution is 2.21. The molecule has 116 valence electrons. The zero-order valence-corrected chi connectivity index (χ0v) is 12.8. The van der Waals surface area contributed by atoms with Crippen molar-refractivity contribution in [2.24, 2.45) is 0 Å². The van der Waals surface area contributed by atoms with E-state index in [-0.39, 0.29) is 24.7 Å². The summed E-state index contributed by atoms with van der Waals surface area (Å²) in [6, 6.07) is 6.67. The summed E-state index contributed by atoms with van der Waals surface area (Å²) >= 11 is 6.00. The van der Waals surface area contributed by atoms with Crippen molar-refractivity contribution < 1.29 is 14.6 Å². The molecule has 1 fully saturated rings. The number of urea groups is 1. The maximum absolute atomic E-state index is 11.8. The fourth-order valence-corrected chi connectivity index (χ4v) is 2.65. The lowest BCUT2D eigenvalue weighted by Gasteiger charge is -2.21. The lowest BCUT2D eigenvalue weighted by molar-refractivity contribution is 0.0856. The Hall–Kier alpha value is -1.30. The summed E-state index contributed by atoms with van der Waals surface area (Å²) in [6.07, 6.45) is 1.24. The Kier molecular flexibility index (Phi) is 5.85. The highest BCUT2D eigenvalue weighted by molar-refractivity contribution is 6.31. The Labute approximate surface area is 129 Å². The topological polar surface area (TPSA) is 70.6 Å². The molecule has 3 N–H and O–H groups in total. The highest BCUT2D eigenvalue weighted by atomic mass is 35.5. The number of ether oxygens (including phenoxy) is 1. The molecule has 1 heterocycles. The molecule has 1 saturated heterocycles. The SMILES string of the molecule is CC(NC(=O)NCC(O)c1ccccc1Cl)C1CCCO1. The molecule has 1 aliphatic rings. The predicted molar refractivity (Wildman–Crippen MR) is 81.4 cm³/mol. The van der Waals surface area contributed by atoms with Crippen LogP contribution in [0.15, 0.2) is 24.3 Å². The molecular weight excluding hydrogens is 292 g/mol. The van der Waals surface area contributed by atoms with Gasteiger partial charge in [0.25, 0.3) is 0 Å². The fourth-order valence-electron chi connectivity index (χ4n) is 2.39. The lowest BCUT2D eigenvalue weighted by Crippen LogP contribution is -2.46. The number of rotatable bonds is 5. The van der Waals surface area contributed by atoms with Crippen molar-refractivity contribution in [3.63, 3.8) is 0 Å². The second-order valence-corrected chi connectivity index (χ2v) is 5.64. The Morgan fingerprint density at radius 1 is 1.52 bits per heavy atom. The van der Waals surface area contributed by atoms with Gasteiger partial charge in [-0.05, 0) is 25.8 Å². The van der Waals surface area contributed by atoms with Gasteiger partial charge in [0, 0.05) is 23.7 Å². The summed E-state index contributed by atoms with van der Waals surface area (Å²) in [5.41, 5.74) is 0.603. The van der Waals surface area contributed by atoms with Crippen LogP contribution in [0.1, 0.15) is 31.4 Å². The predicted octanol–water partition coefficient (Wildman–Crippen LogP) is 2.24. The van der Waals surface area contributed by atoms with E-state index in [0.717, 1.165) is 19.4 Å². The van der Waals surface area contributed by atoms with Gasteiger partial charge in [-0.2, -0.15) is 0 Å². The van der Waals surface area contributed by atoms with Crippen LogP contribution in [0, 0.1) is 0 Å². The second kappa shape index (κ2) is 7.64. The van der Waals surface area contributed by atoms with Gasteiger partial charge in [0.1, 0.15) is 0 Å². The molecule has 21 heavy (non-hydrogen) atoms. The molecule has 0 spiro atoms. The molecule has 1 aromatic carbocycles. The Morgan fingerprint density at radius 3 is 2.95 bits per heavy atom. The van der Waals surface area contributed by atoms with Crippen LogP contribution in [0.25, 0.3) is 0 Å². The van der Waals surface area contributed by atoms with Gasteiger partial charge in [0.15, 0.2) is 0 Å². The van der Waals surface area contributed by atoms with Crippen molar-refractivity contribution in [2.75, 3.05) is 13.2 Å². The summed E-state index contributed by atoms with van der Waals surface area (Å²) in [5.74, 6) is 0. The number of amides is 2. The maximum atomic E-state index is 11.8. The number of halogens is 1. The van der Waals surface area contributed by atoms with E-state index in [1.807, 2.05) is 6.92 Å². The molecule has 3 atom stereocenters. The van der Waals surface area contributed by atoms with E-state index in [0.29, 0.717) is 10.6 Å². The minimum Gasteiger partial charge on any atom is -0.387 e. The van der Waals surface area contributed by atoms with Crippen LogP contribution in [0.3, 0.4) is 0 Å². The highest BCUT2D eigenvalue weighted by Gasteiger charge is 2.23. The van der Waals surface area contributed by atoms with Crippen molar-refractivity contribution in [2.45, 2.75) is 38.0 Å². The first-order valence-corrected chi connectivity index (χ1v) is 7.54. The van der Waals surface area contributed by atoms with Crippen LogP contribution in [-0.2, 0) is 4.74 Å². The molecule has 0 saturated carbocycles. The molecule has 2 amide bonds. The molecule has 2 rings (SSSR count). The zero-order chi connectivity index (χ0) is 15.2. The third-order valence-corrected chi connectivity index (χ3v) is 3.95. The molecule has 0 aromatic heterocycles. The summed E-state index contributed by atoms with van der Waals surface area (Å²) in [7, 11) is 0. The number of hydrogen-bond donors (Lipinski definition) is 3. The first-order chi connectivity index (χ1) is 10.1. The van der Waals surface area contributed by atoms with E-state index in [2.05, 4.69) is 10.6 Å². The quantitative estimate of drug-likeness (QED) is 0.781. The Morgan fingerprint density at radius 2 is 2.29 bits per heavy atom. The van der Waals surface area contributed by atoms with Gasteiger partial charge in [-0.25, -0.2) is 4.79 Å². The molecule has 1 aliphatic heterocycles. The third kappa shape index (κ3) is 4.59. The van der Waals surface area contributed by atoms with Gasteiger partial charge in [0.2, 0.25) is 0 Å². The Balaban J connectivity index is 1.77. The number of carbonyl (C=O) groups is 1. The van der Waals surface area contributed by atoms with Crippen molar-refractivity contribution in [3.05, 3.63) is 34.9 Å². The molecule has 1 aromatic rings. The molecule has 0 radical (unpaired) electrons. The number of aliphatic hydroxyl groups is 1. The molecule has 6 heteroatoms. The Bertz CT molecular complexity index is 478. The van der Waals surface area contributed by atoms with E-state index < -0.39 is 6.10 Å². The molecule has 0 aliphatic carbocycles. The van der Waals surface area contributed by atoms with E-state index in [4.69, 9.17) is 16.3 Å². The number of benzene rings is 1. The fraction of sp³-hybridized carbons (Fsp3) is 0.533. The third-order valence-electron chi connectivity index (χ3n) is 3.60.